The third kappa shape index (κ3) is 4.34. The Morgan fingerprint density at radius 2 is 2.19 bits per heavy atom. The Hall–Kier alpha value is -0.220. The van der Waals surface area contributed by atoms with Crippen LogP contribution in [-0.4, -0.2) is 35.3 Å². The molecule has 16 heavy (non-hydrogen) atoms. The van der Waals surface area contributed by atoms with Crippen LogP contribution in [0.3, 0.4) is 0 Å². The Kier molecular flexibility index (Phi) is 4.68. The number of carbonyl (C=O) groups excluding carboxylic acids is 1. The van der Waals surface area contributed by atoms with Gasteiger partial charge in [-0.15, -0.1) is 0 Å². The SMILES string of the molecule is CCC(C)(O)CSCC1(CC(=O)OC)CC1. The fourth-order valence-corrected chi connectivity index (χ4v) is 3.09. The minimum absolute atomic E-state index is 0.111. The Bertz CT molecular complexity index is 247. The standard InChI is InChI=1S/C12H22O3S/c1-4-11(2,14)8-16-9-12(5-6-12)7-10(13)15-3/h14H,4-9H2,1-3H3. The van der Waals surface area contributed by atoms with E-state index in [9.17, 15) is 9.90 Å². The van der Waals surface area contributed by atoms with E-state index in [0.29, 0.717) is 6.42 Å². The molecule has 0 amide bonds. The number of thioether (sulfide) groups is 1. The van der Waals surface area contributed by atoms with Gasteiger partial charge in [0.05, 0.1) is 19.1 Å². The summed E-state index contributed by atoms with van der Waals surface area (Å²) >= 11 is 1.75. The van der Waals surface area contributed by atoms with Gasteiger partial charge >= 0.3 is 5.97 Å². The lowest BCUT2D eigenvalue weighted by molar-refractivity contribution is -0.141. The first kappa shape index (κ1) is 13.8. The summed E-state index contributed by atoms with van der Waals surface area (Å²) in [6.45, 7) is 3.85. The molecular formula is C12H22O3S. The van der Waals surface area contributed by atoms with Crippen molar-refractivity contribution >= 4 is 17.7 Å². The van der Waals surface area contributed by atoms with Crippen molar-refractivity contribution in [2.45, 2.75) is 45.1 Å². The molecule has 94 valence electrons. The summed E-state index contributed by atoms with van der Waals surface area (Å²) in [5, 5.41) is 9.86. The summed E-state index contributed by atoms with van der Waals surface area (Å²) in [5.74, 6) is 1.59. The number of hydrogen-bond acceptors (Lipinski definition) is 4. The molecule has 1 aliphatic carbocycles. The van der Waals surface area contributed by atoms with Gasteiger partial charge in [0.2, 0.25) is 0 Å². The Morgan fingerprint density at radius 3 is 2.62 bits per heavy atom. The lowest BCUT2D eigenvalue weighted by atomic mass is 10.1. The second kappa shape index (κ2) is 5.41. The zero-order valence-corrected chi connectivity index (χ0v) is 11.2. The highest BCUT2D eigenvalue weighted by atomic mass is 32.2. The van der Waals surface area contributed by atoms with Crippen molar-refractivity contribution in [3.63, 3.8) is 0 Å². The van der Waals surface area contributed by atoms with Crippen molar-refractivity contribution in [3.05, 3.63) is 0 Å². The molecule has 0 heterocycles. The number of carbonyl (C=O) groups is 1. The number of hydrogen-bond donors (Lipinski definition) is 1. The van der Waals surface area contributed by atoms with Crippen LogP contribution in [0.25, 0.3) is 0 Å². The van der Waals surface area contributed by atoms with Crippen molar-refractivity contribution < 1.29 is 14.6 Å². The van der Waals surface area contributed by atoms with Crippen LogP contribution in [-0.2, 0) is 9.53 Å². The highest BCUT2D eigenvalue weighted by molar-refractivity contribution is 7.99. The van der Waals surface area contributed by atoms with Crippen molar-refractivity contribution in [3.8, 4) is 0 Å². The second-order valence-electron chi connectivity index (χ2n) is 5.10. The number of rotatable bonds is 7. The molecule has 1 N–H and O–H groups in total. The molecule has 0 bridgehead atoms. The molecule has 1 aliphatic rings. The molecule has 0 spiro atoms. The maximum absolute atomic E-state index is 11.2. The summed E-state index contributed by atoms with van der Waals surface area (Å²) in [5.41, 5.74) is -0.409. The van der Waals surface area contributed by atoms with E-state index in [1.165, 1.54) is 7.11 Å². The number of methoxy groups -OCH3 is 1. The number of aliphatic hydroxyl groups is 1. The molecule has 0 radical (unpaired) electrons. The van der Waals surface area contributed by atoms with E-state index in [1.54, 1.807) is 11.8 Å². The van der Waals surface area contributed by atoms with Crippen molar-refractivity contribution in [1.82, 2.24) is 0 Å². The molecule has 3 nitrogen and oxygen atoms in total. The molecule has 4 heteroatoms. The molecule has 0 aromatic carbocycles. The van der Waals surface area contributed by atoms with Crippen LogP contribution in [0.5, 0.6) is 0 Å². The molecule has 0 saturated heterocycles. The van der Waals surface area contributed by atoms with Crippen LogP contribution in [0.2, 0.25) is 0 Å². The van der Waals surface area contributed by atoms with Gasteiger partial charge in [-0.05, 0) is 37.4 Å². The van der Waals surface area contributed by atoms with E-state index in [1.807, 2.05) is 13.8 Å². The summed E-state index contributed by atoms with van der Waals surface area (Å²) in [6, 6.07) is 0. The second-order valence-corrected chi connectivity index (χ2v) is 6.08. The Labute approximate surface area is 102 Å². The van der Waals surface area contributed by atoms with Crippen LogP contribution >= 0.6 is 11.8 Å². The topological polar surface area (TPSA) is 46.5 Å². The van der Waals surface area contributed by atoms with E-state index in [0.717, 1.165) is 30.8 Å². The van der Waals surface area contributed by atoms with Crippen LogP contribution in [0, 0.1) is 5.41 Å². The molecule has 0 aromatic rings. The molecule has 1 atom stereocenters. The van der Waals surface area contributed by atoms with Gasteiger partial charge in [-0.3, -0.25) is 4.79 Å². The van der Waals surface area contributed by atoms with Crippen molar-refractivity contribution in [1.29, 1.82) is 0 Å². The van der Waals surface area contributed by atoms with Gasteiger partial charge < -0.3 is 9.84 Å². The van der Waals surface area contributed by atoms with E-state index >= 15 is 0 Å². The average Bonchev–Trinajstić information content (AvgIpc) is 2.98. The molecular weight excluding hydrogens is 224 g/mol. The highest BCUT2D eigenvalue weighted by Crippen LogP contribution is 2.51. The van der Waals surface area contributed by atoms with Gasteiger partial charge in [0.25, 0.3) is 0 Å². The molecule has 1 fully saturated rings. The highest BCUT2D eigenvalue weighted by Gasteiger charge is 2.44. The fourth-order valence-electron chi connectivity index (χ4n) is 1.52. The zero-order valence-electron chi connectivity index (χ0n) is 10.4. The van der Waals surface area contributed by atoms with E-state index in [-0.39, 0.29) is 11.4 Å². The maximum atomic E-state index is 11.2. The third-order valence-corrected chi connectivity index (χ3v) is 4.93. The van der Waals surface area contributed by atoms with E-state index in [4.69, 9.17) is 4.74 Å². The maximum Gasteiger partial charge on any atom is 0.306 e. The van der Waals surface area contributed by atoms with Crippen LogP contribution in [0.15, 0.2) is 0 Å². The molecule has 1 rings (SSSR count). The average molecular weight is 246 g/mol. The monoisotopic (exact) mass is 246 g/mol. The lowest BCUT2D eigenvalue weighted by Crippen LogP contribution is -2.26. The predicted octanol–water partition coefficient (Wildman–Crippen LogP) is 2.22. The van der Waals surface area contributed by atoms with Crippen LogP contribution in [0.4, 0.5) is 0 Å². The van der Waals surface area contributed by atoms with Gasteiger partial charge in [0, 0.05) is 5.75 Å². The van der Waals surface area contributed by atoms with E-state index in [2.05, 4.69) is 0 Å². The molecule has 1 saturated carbocycles. The van der Waals surface area contributed by atoms with Crippen LogP contribution < -0.4 is 0 Å². The number of ether oxygens (including phenoxy) is 1. The van der Waals surface area contributed by atoms with Gasteiger partial charge in [0.15, 0.2) is 0 Å². The molecule has 1 unspecified atom stereocenters. The van der Waals surface area contributed by atoms with Gasteiger partial charge in [-0.25, -0.2) is 0 Å². The van der Waals surface area contributed by atoms with E-state index < -0.39 is 5.60 Å². The first-order valence-electron chi connectivity index (χ1n) is 5.80. The minimum atomic E-state index is -0.577. The summed E-state index contributed by atoms with van der Waals surface area (Å²) < 4.78 is 4.70. The summed E-state index contributed by atoms with van der Waals surface area (Å²) in [7, 11) is 1.44. The molecule has 0 aliphatic heterocycles. The number of esters is 1. The van der Waals surface area contributed by atoms with Crippen molar-refractivity contribution in [2.24, 2.45) is 5.41 Å². The van der Waals surface area contributed by atoms with Crippen LogP contribution in [0.1, 0.15) is 39.5 Å². The Morgan fingerprint density at radius 1 is 1.56 bits per heavy atom. The third-order valence-electron chi connectivity index (χ3n) is 3.29. The lowest BCUT2D eigenvalue weighted by Gasteiger charge is -2.22. The fraction of sp³-hybridized carbons (Fsp3) is 0.917. The first-order valence-corrected chi connectivity index (χ1v) is 6.95. The quantitative estimate of drug-likeness (QED) is 0.700. The van der Waals surface area contributed by atoms with Crippen molar-refractivity contribution in [2.75, 3.05) is 18.6 Å². The predicted molar refractivity (Wildman–Crippen MR) is 66.5 cm³/mol. The Balaban J connectivity index is 2.25. The minimum Gasteiger partial charge on any atom is -0.469 e. The normalized spacial score (nSPS) is 21.2. The smallest absolute Gasteiger partial charge is 0.306 e. The first-order chi connectivity index (χ1) is 7.43. The van der Waals surface area contributed by atoms with Gasteiger partial charge in [-0.1, -0.05) is 6.92 Å². The van der Waals surface area contributed by atoms with Gasteiger partial charge in [-0.2, -0.15) is 11.8 Å². The zero-order chi connectivity index (χ0) is 12.2. The summed E-state index contributed by atoms with van der Waals surface area (Å²) in [4.78, 5) is 11.2. The molecule has 0 aromatic heterocycles. The van der Waals surface area contributed by atoms with Gasteiger partial charge in [0.1, 0.15) is 0 Å². The summed E-state index contributed by atoms with van der Waals surface area (Å²) in [6.07, 6.45) is 3.53. The largest absolute Gasteiger partial charge is 0.469 e.